The van der Waals surface area contributed by atoms with E-state index in [1.54, 1.807) is 4.57 Å². The lowest BCUT2D eigenvalue weighted by atomic mass is 10.1. The Morgan fingerprint density at radius 2 is 2.08 bits per heavy atom. The van der Waals surface area contributed by atoms with Crippen LogP contribution in [0.15, 0.2) is 12.7 Å². The summed E-state index contributed by atoms with van der Waals surface area (Å²) in [6.07, 6.45) is 0.183. The van der Waals surface area contributed by atoms with E-state index in [-0.39, 0.29) is 6.61 Å². The minimum absolute atomic E-state index is 0.0354. The number of methoxy groups -OCH3 is 1. The maximum Gasteiger partial charge on any atom is 0.303 e. The highest BCUT2D eigenvalue weighted by Crippen LogP contribution is 2.35. The quantitative estimate of drug-likeness (QED) is 0.594. The maximum absolute atomic E-state index is 11.6. The molecule has 4 atom stereocenters. The van der Waals surface area contributed by atoms with E-state index in [1.807, 2.05) is 0 Å². The molecule has 0 aromatic carbocycles. The SMILES string of the molecule is COC1C(COC(C)=O)OC(n2cnc3c(=S)nc[nH]c32)C1OC(C)=O. The Morgan fingerprint density at radius 1 is 1.31 bits per heavy atom. The summed E-state index contributed by atoms with van der Waals surface area (Å²) in [6, 6.07) is 0. The number of imidazole rings is 1. The van der Waals surface area contributed by atoms with E-state index in [0.29, 0.717) is 15.8 Å². The van der Waals surface area contributed by atoms with Crippen molar-refractivity contribution in [1.29, 1.82) is 0 Å². The number of nitrogens with one attached hydrogen (secondary N) is 1. The number of ether oxygens (including phenoxy) is 4. The Morgan fingerprint density at radius 3 is 2.73 bits per heavy atom. The summed E-state index contributed by atoms with van der Waals surface area (Å²) in [6.45, 7) is 2.56. The van der Waals surface area contributed by atoms with Gasteiger partial charge in [-0.3, -0.25) is 14.2 Å². The van der Waals surface area contributed by atoms with Gasteiger partial charge in [0, 0.05) is 21.0 Å². The summed E-state index contributed by atoms with van der Waals surface area (Å²) in [5.41, 5.74) is 1.06. The van der Waals surface area contributed by atoms with Crippen molar-refractivity contribution in [3.63, 3.8) is 0 Å². The molecule has 0 spiro atoms. The standard InChI is InChI=1S/C15H18N4O6S/c1-7(20)23-4-9-11(22-3)12(24-8(2)21)15(25-9)19-6-18-10-13(19)16-5-17-14(10)26/h5-6,9,11-12,15H,4H2,1-3H3,(H,16,17,26). The van der Waals surface area contributed by atoms with Crippen LogP contribution in [0.5, 0.6) is 0 Å². The molecular weight excluding hydrogens is 364 g/mol. The highest BCUT2D eigenvalue weighted by molar-refractivity contribution is 7.71. The van der Waals surface area contributed by atoms with Crippen molar-refractivity contribution in [2.45, 2.75) is 38.4 Å². The normalized spacial score (nSPS) is 25.3. The lowest BCUT2D eigenvalue weighted by molar-refractivity contribution is -0.156. The Balaban J connectivity index is 1.99. The van der Waals surface area contributed by atoms with Crippen LogP contribution in [-0.2, 0) is 28.5 Å². The second kappa shape index (κ2) is 7.48. The molecule has 3 rings (SSSR count). The van der Waals surface area contributed by atoms with Crippen molar-refractivity contribution in [3.8, 4) is 0 Å². The lowest BCUT2D eigenvalue weighted by Crippen LogP contribution is -2.38. The molecule has 26 heavy (non-hydrogen) atoms. The molecule has 10 nitrogen and oxygen atoms in total. The number of carbonyl (C=O) groups is 2. The average molecular weight is 382 g/mol. The molecule has 11 heteroatoms. The average Bonchev–Trinajstić information content (AvgIpc) is 3.14. The highest BCUT2D eigenvalue weighted by Gasteiger charge is 2.49. The van der Waals surface area contributed by atoms with Crippen LogP contribution >= 0.6 is 12.2 Å². The summed E-state index contributed by atoms with van der Waals surface area (Å²) < 4.78 is 23.9. The fourth-order valence-corrected chi connectivity index (χ4v) is 3.14. The van der Waals surface area contributed by atoms with Gasteiger partial charge in [0.1, 0.15) is 30.0 Å². The zero-order chi connectivity index (χ0) is 18.8. The van der Waals surface area contributed by atoms with Crippen LogP contribution in [0.1, 0.15) is 20.1 Å². The molecule has 0 bridgehead atoms. The van der Waals surface area contributed by atoms with E-state index in [1.165, 1.54) is 33.6 Å². The summed E-state index contributed by atoms with van der Waals surface area (Å²) in [7, 11) is 1.47. The Hall–Kier alpha value is -2.37. The molecule has 2 aromatic heterocycles. The maximum atomic E-state index is 11.6. The van der Waals surface area contributed by atoms with Gasteiger partial charge in [-0.25, -0.2) is 9.97 Å². The first-order chi connectivity index (χ1) is 12.4. The Kier molecular flexibility index (Phi) is 5.30. The smallest absolute Gasteiger partial charge is 0.303 e. The number of rotatable bonds is 5. The molecule has 1 N–H and O–H groups in total. The second-order valence-electron chi connectivity index (χ2n) is 5.70. The third kappa shape index (κ3) is 3.45. The predicted octanol–water partition coefficient (Wildman–Crippen LogP) is 0.896. The highest BCUT2D eigenvalue weighted by atomic mass is 32.1. The number of aromatic amines is 1. The first-order valence-corrected chi connectivity index (χ1v) is 8.22. The van der Waals surface area contributed by atoms with Crippen LogP contribution in [0.2, 0.25) is 0 Å². The summed E-state index contributed by atoms with van der Waals surface area (Å²) in [4.78, 5) is 33.9. The van der Waals surface area contributed by atoms with E-state index in [4.69, 9.17) is 31.2 Å². The van der Waals surface area contributed by atoms with Gasteiger partial charge in [-0.1, -0.05) is 12.2 Å². The molecule has 0 radical (unpaired) electrons. The summed E-state index contributed by atoms with van der Waals surface area (Å²) >= 11 is 5.17. The van der Waals surface area contributed by atoms with Crippen molar-refractivity contribution < 1.29 is 28.5 Å². The fraction of sp³-hybridized carbons (Fsp3) is 0.533. The van der Waals surface area contributed by atoms with Gasteiger partial charge in [-0.2, -0.15) is 0 Å². The van der Waals surface area contributed by atoms with Gasteiger partial charge in [0.15, 0.2) is 17.0 Å². The van der Waals surface area contributed by atoms with Crippen LogP contribution < -0.4 is 0 Å². The molecule has 1 saturated heterocycles. The first-order valence-electron chi connectivity index (χ1n) is 7.81. The lowest BCUT2D eigenvalue weighted by Gasteiger charge is -2.23. The van der Waals surface area contributed by atoms with Gasteiger partial charge in [0.05, 0.1) is 12.7 Å². The molecule has 1 fully saturated rings. The molecular formula is C15H18N4O6S. The van der Waals surface area contributed by atoms with Crippen LogP contribution in [0.25, 0.3) is 11.2 Å². The van der Waals surface area contributed by atoms with Gasteiger partial charge < -0.3 is 23.9 Å². The molecule has 140 valence electrons. The van der Waals surface area contributed by atoms with Crippen LogP contribution in [0, 0.1) is 4.64 Å². The number of H-pyrrole nitrogens is 1. The molecule has 0 saturated carbocycles. The number of esters is 2. The van der Waals surface area contributed by atoms with Crippen molar-refractivity contribution in [3.05, 3.63) is 17.3 Å². The summed E-state index contributed by atoms with van der Waals surface area (Å²) in [5, 5.41) is 0. The van der Waals surface area contributed by atoms with Gasteiger partial charge in [-0.15, -0.1) is 0 Å². The van der Waals surface area contributed by atoms with E-state index in [9.17, 15) is 9.59 Å². The molecule has 1 aliphatic rings. The molecule has 0 amide bonds. The van der Waals surface area contributed by atoms with Gasteiger partial charge in [0.25, 0.3) is 0 Å². The Labute approximate surface area is 153 Å². The predicted molar refractivity (Wildman–Crippen MR) is 89.6 cm³/mol. The molecule has 2 aromatic rings. The van der Waals surface area contributed by atoms with Crippen LogP contribution in [0.4, 0.5) is 0 Å². The first kappa shape index (κ1) is 18.4. The van der Waals surface area contributed by atoms with E-state index in [0.717, 1.165) is 0 Å². The van der Waals surface area contributed by atoms with Gasteiger partial charge in [-0.05, 0) is 0 Å². The fourth-order valence-electron chi connectivity index (χ4n) is 2.93. The largest absolute Gasteiger partial charge is 0.463 e. The number of hydrogen-bond donors (Lipinski definition) is 1. The minimum atomic E-state index is -0.773. The number of carbonyl (C=O) groups excluding carboxylic acids is 2. The van der Waals surface area contributed by atoms with E-state index >= 15 is 0 Å². The number of nitrogens with zero attached hydrogens (tertiary/aromatic N) is 3. The number of fused-ring (bicyclic) bond motifs is 1. The minimum Gasteiger partial charge on any atom is -0.463 e. The van der Waals surface area contributed by atoms with Crippen LogP contribution in [0.3, 0.4) is 0 Å². The van der Waals surface area contributed by atoms with E-state index < -0.39 is 36.5 Å². The number of aromatic nitrogens is 4. The Bertz CT molecular complexity index is 880. The second-order valence-corrected chi connectivity index (χ2v) is 6.09. The van der Waals surface area contributed by atoms with E-state index in [2.05, 4.69) is 15.0 Å². The molecule has 1 aliphatic heterocycles. The zero-order valence-electron chi connectivity index (χ0n) is 14.4. The molecule has 4 unspecified atom stereocenters. The van der Waals surface area contributed by atoms with Crippen molar-refractivity contribution in [1.82, 2.24) is 19.5 Å². The van der Waals surface area contributed by atoms with Crippen molar-refractivity contribution >= 4 is 35.3 Å². The summed E-state index contributed by atoms with van der Waals surface area (Å²) in [5.74, 6) is -0.933. The van der Waals surface area contributed by atoms with Crippen molar-refractivity contribution in [2.24, 2.45) is 0 Å². The number of hydrogen-bond acceptors (Lipinski definition) is 9. The van der Waals surface area contributed by atoms with Gasteiger partial charge in [0.2, 0.25) is 0 Å². The topological polar surface area (TPSA) is 118 Å². The van der Waals surface area contributed by atoms with Crippen LogP contribution in [-0.4, -0.2) is 63.5 Å². The van der Waals surface area contributed by atoms with Gasteiger partial charge >= 0.3 is 11.9 Å². The molecule has 0 aliphatic carbocycles. The van der Waals surface area contributed by atoms with Crippen molar-refractivity contribution in [2.75, 3.05) is 13.7 Å². The molecule has 3 heterocycles. The third-order valence-electron chi connectivity index (χ3n) is 3.96. The monoisotopic (exact) mass is 382 g/mol. The zero-order valence-corrected chi connectivity index (χ0v) is 15.2. The third-order valence-corrected chi connectivity index (χ3v) is 4.26.